The van der Waals surface area contributed by atoms with Crippen LogP contribution in [0.2, 0.25) is 0 Å². The van der Waals surface area contributed by atoms with E-state index in [9.17, 15) is 4.79 Å². The lowest BCUT2D eigenvalue weighted by Crippen LogP contribution is -2.47. The van der Waals surface area contributed by atoms with E-state index in [0.29, 0.717) is 12.7 Å². The molecule has 7 heteroatoms. The maximum absolute atomic E-state index is 12.6. The molecule has 1 saturated heterocycles. The van der Waals surface area contributed by atoms with E-state index in [2.05, 4.69) is 15.2 Å². The molecule has 27 heavy (non-hydrogen) atoms. The Bertz CT molecular complexity index is 653. The molecule has 4 rings (SSSR count). The first kappa shape index (κ1) is 18.6. The first-order valence-corrected chi connectivity index (χ1v) is 10.2. The topological polar surface area (TPSA) is 76.6 Å². The number of fused-ring (bicyclic) bond motifs is 1. The van der Waals surface area contributed by atoms with Crippen LogP contribution in [0.4, 0.5) is 5.95 Å². The molecule has 3 aliphatic rings. The zero-order valence-corrected chi connectivity index (χ0v) is 16.2. The van der Waals surface area contributed by atoms with Crippen LogP contribution in [-0.2, 0) is 27.3 Å². The molecule has 0 atom stereocenters. The summed E-state index contributed by atoms with van der Waals surface area (Å²) in [5.74, 6) is 1.20. The fraction of sp³-hybridized carbons (Fsp3) is 0.750. The maximum Gasteiger partial charge on any atom is 0.225 e. The van der Waals surface area contributed by atoms with E-state index in [4.69, 9.17) is 14.5 Å². The number of carbonyl (C=O) groups is 1. The molecule has 148 valence electrons. The van der Waals surface area contributed by atoms with Gasteiger partial charge in [0, 0.05) is 50.3 Å². The van der Waals surface area contributed by atoms with E-state index in [1.54, 1.807) is 7.11 Å². The fourth-order valence-electron chi connectivity index (χ4n) is 4.38. The number of piperidine rings is 1. The van der Waals surface area contributed by atoms with Gasteiger partial charge in [-0.2, -0.15) is 0 Å². The number of rotatable bonds is 4. The van der Waals surface area contributed by atoms with Gasteiger partial charge < -0.3 is 19.7 Å². The highest BCUT2D eigenvalue weighted by atomic mass is 16.5. The van der Waals surface area contributed by atoms with Gasteiger partial charge in [0.05, 0.1) is 25.0 Å². The van der Waals surface area contributed by atoms with Crippen molar-refractivity contribution in [1.29, 1.82) is 0 Å². The van der Waals surface area contributed by atoms with Gasteiger partial charge in [-0.15, -0.1) is 0 Å². The smallest absolute Gasteiger partial charge is 0.225 e. The highest BCUT2D eigenvalue weighted by molar-refractivity contribution is 5.79. The number of hydrogen-bond donors (Lipinski definition) is 1. The lowest BCUT2D eigenvalue weighted by atomic mass is 9.86. The van der Waals surface area contributed by atoms with Gasteiger partial charge in [-0.3, -0.25) is 4.79 Å². The van der Waals surface area contributed by atoms with Crippen LogP contribution in [0.15, 0.2) is 6.20 Å². The zero-order valence-electron chi connectivity index (χ0n) is 16.2. The van der Waals surface area contributed by atoms with Crippen LogP contribution < -0.4 is 10.2 Å². The molecule has 0 spiro atoms. The molecular weight excluding hydrogens is 344 g/mol. The minimum Gasteiger partial charge on any atom is -0.381 e. The number of carbonyl (C=O) groups excluding carboxylic acids is 1. The Morgan fingerprint density at radius 3 is 2.74 bits per heavy atom. The van der Waals surface area contributed by atoms with E-state index in [1.165, 1.54) is 0 Å². The number of nitrogens with zero attached hydrogens (tertiary/aromatic N) is 3. The molecule has 0 bridgehead atoms. The summed E-state index contributed by atoms with van der Waals surface area (Å²) < 4.78 is 10.9. The number of anilines is 1. The standard InChI is InChI=1S/C20H30N4O3/c1-26-17-4-2-14(3-5-17)19(25)22-16-6-9-24(10-7-16)20-21-12-15-13-27-11-8-18(15)23-20/h12,14,16-17H,2-11,13H2,1H3,(H,22,25). The second-order valence-electron chi connectivity index (χ2n) is 7.92. The normalized spacial score (nSPS) is 26.5. The predicted octanol–water partition coefficient (Wildman–Crippen LogP) is 1.84. The Hall–Kier alpha value is -1.73. The molecule has 1 N–H and O–H groups in total. The number of methoxy groups -OCH3 is 1. The summed E-state index contributed by atoms with van der Waals surface area (Å²) in [6.45, 7) is 3.13. The van der Waals surface area contributed by atoms with Gasteiger partial charge in [-0.1, -0.05) is 0 Å². The van der Waals surface area contributed by atoms with Gasteiger partial charge in [-0.25, -0.2) is 9.97 Å². The van der Waals surface area contributed by atoms with Gasteiger partial charge in [0.15, 0.2) is 0 Å². The molecule has 1 amide bonds. The summed E-state index contributed by atoms with van der Waals surface area (Å²) in [5, 5.41) is 3.28. The monoisotopic (exact) mass is 374 g/mol. The first-order valence-electron chi connectivity index (χ1n) is 10.2. The van der Waals surface area contributed by atoms with Crippen molar-refractivity contribution in [3.63, 3.8) is 0 Å². The molecule has 0 radical (unpaired) electrons. The average Bonchev–Trinajstić information content (AvgIpc) is 2.74. The van der Waals surface area contributed by atoms with Crippen molar-refractivity contribution in [3.05, 3.63) is 17.5 Å². The van der Waals surface area contributed by atoms with E-state index < -0.39 is 0 Å². The summed E-state index contributed by atoms with van der Waals surface area (Å²) in [7, 11) is 1.76. The van der Waals surface area contributed by atoms with Gasteiger partial charge in [-0.05, 0) is 38.5 Å². The van der Waals surface area contributed by atoms with Crippen molar-refractivity contribution < 1.29 is 14.3 Å². The van der Waals surface area contributed by atoms with Crippen LogP contribution in [-0.4, -0.2) is 54.8 Å². The largest absolute Gasteiger partial charge is 0.381 e. The SMILES string of the molecule is COC1CCC(C(=O)NC2CCN(c3ncc4c(n3)CCOC4)CC2)CC1. The Balaban J connectivity index is 1.26. The maximum atomic E-state index is 12.6. The molecule has 2 fully saturated rings. The Labute approximate surface area is 160 Å². The lowest BCUT2D eigenvalue weighted by Gasteiger charge is -2.34. The van der Waals surface area contributed by atoms with Crippen LogP contribution >= 0.6 is 0 Å². The Morgan fingerprint density at radius 2 is 2.00 bits per heavy atom. The van der Waals surface area contributed by atoms with Crippen LogP contribution in [0.25, 0.3) is 0 Å². The number of aromatic nitrogens is 2. The summed E-state index contributed by atoms with van der Waals surface area (Å²) in [5.41, 5.74) is 2.23. The van der Waals surface area contributed by atoms with Crippen molar-refractivity contribution in [3.8, 4) is 0 Å². The van der Waals surface area contributed by atoms with Gasteiger partial charge in [0.25, 0.3) is 0 Å². The van der Waals surface area contributed by atoms with E-state index in [1.807, 2.05) is 6.20 Å². The third-order valence-corrected chi connectivity index (χ3v) is 6.18. The van der Waals surface area contributed by atoms with Gasteiger partial charge in [0.2, 0.25) is 11.9 Å². The van der Waals surface area contributed by atoms with Crippen molar-refractivity contribution in [2.45, 2.75) is 63.7 Å². The van der Waals surface area contributed by atoms with Crippen molar-refractivity contribution in [2.75, 3.05) is 31.7 Å². The first-order chi connectivity index (χ1) is 13.2. The van der Waals surface area contributed by atoms with E-state index in [0.717, 1.165) is 81.8 Å². The van der Waals surface area contributed by atoms with Crippen molar-refractivity contribution in [1.82, 2.24) is 15.3 Å². The molecule has 3 heterocycles. The minimum atomic E-state index is 0.153. The Kier molecular flexibility index (Phi) is 5.88. The molecule has 1 aromatic rings. The minimum absolute atomic E-state index is 0.153. The van der Waals surface area contributed by atoms with Crippen LogP contribution in [0, 0.1) is 5.92 Å². The highest BCUT2D eigenvalue weighted by Gasteiger charge is 2.29. The number of nitrogens with one attached hydrogen (secondary N) is 1. The fourth-order valence-corrected chi connectivity index (χ4v) is 4.38. The van der Waals surface area contributed by atoms with Gasteiger partial charge in [0.1, 0.15) is 0 Å². The molecule has 1 saturated carbocycles. The molecule has 7 nitrogen and oxygen atoms in total. The lowest BCUT2D eigenvalue weighted by molar-refractivity contribution is -0.127. The Morgan fingerprint density at radius 1 is 1.22 bits per heavy atom. The van der Waals surface area contributed by atoms with Crippen LogP contribution in [0.1, 0.15) is 49.8 Å². The number of amides is 1. The quantitative estimate of drug-likeness (QED) is 0.867. The molecule has 0 unspecified atom stereocenters. The van der Waals surface area contributed by atoms with Crippen LogP contribution in [0.5, 0.6) is 0 Å². The number of hydrogen-bond acceptors (Lipinski definition) is 6. The summed E-state index contributed by atoms with van der Waals surface area (Å²) in [6.07, 6.45) is 8.86. The summed E-state index contributed by atoms with van der Waals surface area (Å²) >= 11 is 0. The second kappa shape index (κ2) is 8.52. The van der Waals surface area contributed by atoms with Crippen molar-refractivity contribution in [2.24, 2.45) is 5.92 Å². The van der Waals surface area contributed by atoms with Gasteiger partial charge >= 0.3 is 0 Å². The molecule has 1 aliphatic carbocycles. The molecular formula is C20H30N4O3. The highest BCUT2D eigenvalue weighted by Crippen LogP contribution is 2.27. The third-order valence-electron chi connectivity index (χ3n) is 6.18. The van der Waals surface area contributed by atoms with E-state index in [-0.39, 0.29) is 17.9 Å². The van der Waals surface area contributed by atoms with Crippen molar-refractivity contribution >= 4 is 11.9 Å². The van der Waals surface area contributed by atoms with Crippen LogP contribution in [0.3, 0.4) is 0 Å². The number of ether oxygens (including phenoxy) is 2. The second-order valence-corrected chi connectivity index (χ2v) is 7.92. The predicted molar refractivity (Wildman–Crippen MR) is 102 cm³/mol. The van der Waals surface area contributed by atoms with E-state index >= 15 is 0 Å². The molecule has 1 aromatic heterocycles. The summed E-state index contributed by atoms with van der Waals surface area (Å²) in [6, 6.07) is 0.264. The average molecular weight is 374 g/mol. The molecule has 0 aromatic carbocycles. The summed E-state index contributed by atoms with van der Waals surface area (Å²) in [4.78, 5) is 24.1. The third kappa shape index (κ3) is 4.41. The molecule has 2 aliphatic heterocycles. The zero-order chi connectivity index (χ0) is 18.6.